The van der Waals surface area contributed by atoms with Gasteiger partial charge in [-0.05, 0) is 85.3 Å². The number of benzene rings is 3. The Morgan fingerprint density at radius 1 is 0.981 bits per heavy atom. The molecule has 3 aromatic carbocycles. The molecule has 2 atom stereocenters. The molecule has 6 heteroatoms. The Hall–Kier alpha value is -3.74. The largest absolute Gasteiger partial charge is 0.370 e. The van der Waals surface area contributed by atoms with Gasteiger partial charge in [-0.3, -0.25) is 4.72 Å². The summed E-state index contributed by atoms with van der Waals surface area (Å²) in [6, 6.07) is 23.9. The van der Waals surface area contributed by atoms with Gasteiger partial charge in [0.2, 0.25) is 0 Å². The molecule has 0 radical (unpaired) electrons. The highest BCUT2D eigenvalue weighted by Gasteiger charge is 2.40. The third kappa shape index (κ3) is 10.9. The van der Waals surface area contributed by atoms with Gasteiger partial charge in [0.25, 0.3) is 0 Å². The average molecular weight is 722 g/mol. The highest BCUT2D eigenvalue weighted by atomic mass is 32.2. The molecule has 0 saturated carbocycles. The Morgan fingerprint density at radius 2 is 1.63 bits per heavy atom. The lowest BCUT2D eigenvalue weighted by molar-refractivity contribution is 0.143. The van der Waals surface area contributed by atoms with E-state index >= 15 is 0 Å². The van der Waals surface area contributed by atoms with Crippen LogP contribution in [0.3, 0.4) is 0 Å². The van der Waals surface area contributed by atoms with Crippen molar-refractivity contribution in [3.05, 3.63) is 120 Å². The maximum atomic E-state index is 6.70. The van der Waals surface area contributed by atoms with Crippen molar-refractivity contribution in [2.45, 2.75) is 99.8 Å². The van der Waals surface area contributed by atoms with Gasteiger partial charge < -0.3 is 16.0 Å². The fourth-order valence-corrected chi connectivity index (χ4v) is 7.43. The van der Waals surface area contributed by atoms with E-state index in [1.54, 1.807) is 11.9 Å². The van der Waals surface area contributed by atoms with Crippen molar-refractivity contribution in [1.29, 1.82) is 0 Å². The molecule has 0 bridgehead atoms. The fourth-order valence-electron chi connectivity index (χ4n) is 7.11. The van der Waals surface area contributed by atoms with Gasteiger partial charge in [0.1, 0.15) is 0 Å². The first kappa shape index (κ1) is 42.7. The number of fused-ring (bicyclic) bond motifs is 1. The van der Waals surface area contributed by atoms with Crippen molar-refractivity contribution in [3.8, 4) is 0 Å². The molecule has 0 aromatic heterocycles. The van der Waals surface area contributed by atoms with Crippen LogP contribution in [0.1, 0.15) is 106 Å². The van der Waals surface area contributed by atoms with E-state index in [0.717, 1.165) is 85.2 Å². The standard InChI is InChI=1S/C44H61N5S.C2H6/c1-11-31(4)25-34-27-44(13-3,36-19-15-14-16-20-36)30-49(29-34)33(6)37-23-24-40(39-22-18-17-21-38(37)39)47-42(45)48-41(26-32(5)43(7,8)9)35(12-2)28-46-50-10;1-2/h14-24,26,34,46H,4,6,11-13,25,27-30H2,1-3,5,7-10H3,(H3,45,47,48);1-2H3/b32-26+,41-35+;. The SMILES string of the molecule is C=C(CC)CC1CN(C(=C)c2ccc(N=C(N)NC(/C=C(\C)C(C)(C)C)=C(\CC)CNSC)c3ccccc23)CC(CC)(c2ccccc2)C1.CC. The van der Waals surface area contributed by atoms with Crippen LogP contribution in [-0.4, -0.2) is 36.7 Å². The summed E-state index contributed by atoms with van der Waals surface area (Å²) in [5, 5.41) is 5.67. The average Bonchev–Trinajstić information content (AvgIpc) is 3.15. The van der Waals surface area contributed by atoms with E-state index in [4.69, 9.17) is 17.3 Å². The summed E-state index contributed by atoms with van der Waals surface area (Å²) in [6.07, 6.45) is 9.46. The summed E-state index contributed by atoms with van der Waals surface area (Å²) in [7, 11) is 0. The van der Waals surface area contributed by atoms with E-state index in [-0.39, 0.29) is 10.8 Å². The van der Waals surface area contributed by atoms with E-state index in [1.165, 1.54) is 22.3 Å². The molecule has 1 aliphatic rings. The summed E-state index contributed by atoms with van der Waals surface area (Å²) in [5.74, 6) is 0.877. The second-order valence-corrected chi connectivity index (χ2v) is 15.7. The molecule has 5 nitrogen and oxygen atoms in total. The minimum atomic E-state index is 0.0370. The lowest BCUT2D eigenvalue weighted by atomic mass is 9.67. The number of nitrogens with one attached hydrogen (secondary N) is 2. The van der Waals surface area contributed by atoms with E-state index in [9.17, 15) is 0 Å². The van der Waals surface area contributed by atoms with Crippen molar-refractivity contribution < 1.29 is 0 Å². The molecular weight excluding hydrogens is 655 g/mol. The Kier molecular flexibility index (Phi) is 16.3. The number of aliphatic imine (C=N–C) groups is 1. The molecule has 1 heterocycles. The second kappa shape index (κ2) is 19.9. The number of guanidine groups is 1. The molecule has 0 spiro atoms. The number of hydrogen-bond donors (Lipinski definition) is 3. The van der Waals surface area contributed by atoms with E-state index in [1.807, 2.05) is 20.1 Å². The number of hydrogen-bond acceptors (Lipinski definition) is 4. The zero-order valence-electron chi connectivity index (χ0n) is 34.0. The quantitative estimate of drug-likeness (QED) is 0.0508. The second-order valence-electron chi connectivity index (χ2n) is 15.0. The minimum Gasteiger partial charge on any atom is -0.370 e. The highest BCUT2D eigenvalue weighted by Crippen LogP contribution is 2.44. The van der Waals surface area contributed by atoms with Crippen molar-refractivity contribution in [2.24, 2.45) is 22.1 Å². The van der Waals surface area contributed by atoms with Crippen LogP contribution in [0.25, 0.3) is 16.5 Å². The summed E-state index contributed by atoms with van der Waals surface area (Å²) in [6.45, 7) is 31.5. The summed E-state index contributed by atoms with van der Waals surface area (Å²) >= 11 is 1.62. The van der Waals surface area contributed by atoms with E-state index < -0.39 is 0 Å². The number of likely N-dealkylation sites (tertiary alicyclic amines) is 1. The van der Waals surface area contributed by atoms with Crippen molar-refractivity contribution in [1.82, 2.24) is 14.9 Å². The van der Waals surface area contributed by atoms with Crippen LogP contribution in [0.4, 0.5) is 5.69 Å². The van der Waals surface area contributed by atoms with Gasteiger partial charge in [-0.15, -0.1) is 0 Å². The molecule has 2 unspecified atom stereocenters. The van der Waals surface area contributed by atoms with E-state index in [2.05, 4.69) is 143 Å². The van der Waals surface area contributed by atoms with Crippen molar-refractivity contribution >= 4 is 40.1 Å². The number of nitrogens with zero attached hydrogens (tertiary/aromatic N) is 2. The molecule has 1 fully saturated rings. The summed E-state index contributed by atoms with van der Waals surface area (Å²) in [5.41, 5.74) is 16.1. The zero-order chi connectivity index (χ0) is 38.5. The van der Waals surface area contributed by atoms with Gasteiger partial charge >= 0.3 is 0 Å². The van der Waals surface area contributed by atoms with Crippen LogP contribution >= 0.6 is 11.9 Å². The zero-order valence-corrected chi connectivity index (χ0v) is 34.8. The van der Waals surface area contributed by atoms with Crippen LogP contribution in [0.5, 0.6) is 0 Å². The van der Waals surface area contributed by atoms with Crippen LogP contribution in [0, 0.1) is 11.3 Å². The Balaban J connectivity index is 0.00000358. The van der Waals surface area contributed by atoms with Gasteiger partial charge in [-0.2, -0.15) is 0 Å². The maximum absolute atomic E-state index is 6.70. The smallest absolute Gasteiger partial charge is 0.198 e. The topological polar surface area (TPSA) is 65.7 Å². The number of nitrogens with two attached hydrogens (primary N) is 1. The highest BCUT2D eigenvalue weighted by molar-refractivity contribution is 7.96. The first-order valence-corrected chi connectivity index (χ1v) is 20.5. The maximum Gasteiger partial charge on any atom is 0.198 e. The van der Waals surface area contributed by atoms with Gasteiger partial charge in [0.15, 0.2) is 5.96 Å². The Bertz CT molecular complexity index is 1730. The monoisotopic (exact) mass is 722 g/mol. The first-order valence-electron chi connectivity index (χ1n) is 19.3. The van der Waals surface area contributed by atoms with Gasteiger partial charge in [0, 0.05) is 47.4 Å². The third-order valence-corrected chi connectivity index (χ3v) is 11.1. The predicted molar refractivity (Wildman–Crippen MR) is 233 cm³/mol. The molecule has 0 aliphatic carbocycles. The summed E-state index contributed by atoms with van der Waals surface area (Å²) in [4.78, 5) is 7.52. The molecule has 4 N–H and O–H groups in total. The van der Waals surface area contributed by atoms with Crippen molar-refractivity contribution in [2.75, 3.05) is 25.9 Å². The third-order valence-electron chi connectivity index (χ3n) is 10.7. The minimum absolute atomic E-state index is 0.0370. The Morgan fingerprint density at radius 3 is 2.23 bits per heavy atom. The molecule has 0 amide bonds. The lowest BCUT2D eigenvalue weighted by Crippen LogP contribution is -2.48. The van der Waals surface area contributed by atoms with Crippen molar-refractivity contribution in [3.63, 3.8) is 0 Å². The van der Waals surface area contributed by atoms with Crippen LogP contribution in [0.15, 0.2) is 113 Å². The normalized spacial score (nSPS) is 18.7. The lowest BCUT2D eigenvalue weighted by Gasteiger charge is -2.48. The number of allylic oxidation sites excluding steroid dienone is 3. The van der Waals surface area contributed by atoms with Crippen LogP contribution < -0.4 is 15.8 Å². The molecule has 3 aromatic rings. The molecule has 282 valence electrons. The predicted octanol–water partition coefficient (Wildman–Crippen LogP) is 11.9. The van der Waals surface area contributed by atoms with Gasteiger partial charge in [-0.25, -0.2) is 4.99 Å². The van der Waals surface area contributed by atoms with Crippen LogP contribution in [0.2, 0.25) is 0 Å². The Labute approximate surface area is 321 Å². The molecule has 4 rings (SSSR count). The van der Waals surface area contributed by atoms with Gasteiger partial charge in [-0.1, -0.05) is 152 Å². The number of piperidine rings is 1. The first-order chi connectivity index (χ1) is 24.8. The molecule has 52 heavy (non-hydrogen) atoms. The number of rotatable bonds is 14. The van der Waals surface area contributed by atoms with Gasteiger partial charge in [0.05, 0.1) is 5.69 Å². The summed E-state index contributed by atoms with van der Waals surface area (Å²) < 4.78 is 3.41. The molecule has 1 aliphatic heterocycles. The fraction of sp³-hybridized carbons (Fsp3) is 0.457. The molecular formula is C46H67N5S. The molecule has 1 saturated heterocycles. The van der Waals surface area contributed by atoms with Crippen LogP contribution in [-0.2, 0) is 5.41 Å². The van der Waals surface area contributed by atoms with E-state index in [0.29, 0.717) is 11.9 Å².